The van der Waals surface area contributed by atoms with Gasteiger partial charge in [-0.3, -0.25) is 4.79 Å². The van der Waals surface area contributed by atoms with Crippen molar-refractivity contribution >= 4 is 22.4 Å². The normalized spacial score (nSPS) is 10.5. The molecule has 1 aromatic heterocycles. The van der Waals surface area contributed by atoms with Crippen molar-refractivity contribution < 1.29 is 4.79 Å². The predicted molar refractivity (Wildman–Crippen MR) is 103 cm³/mol. The average Bonchev–Trinajstić information content (AvgIpc) is 3.05. The molecule has 0 bridgehead atoms. The molecule has 0 aliphatic rings. The molecule has 0 aliphatic carbocycles. The number of nitrogens with one attached hydrogen (secondary N) is 2. The van der Waals surface area contributed by atoms with Crippen LogP contribution < -0.4 is 10.6 Å². The Morgan fingerprint density at radius 3 is 2.56 bits per heavy atom. The summed E-state index contributed by atoms with van der Waals surface area (Å²) in [6, 6.07) is 15.8. The van der Waals surface area contributed by atoms with E-state index < -0.39 is 0 Å². The van der Waals surface area contributed by atoms with Crippen molar-refractivity contribution in [2.75, 3.05) is 5.32 Å². The highest BCUT2D eigenvalue weighted by molar-refractivity contribution is 7.15. The van der Waals surface area contributed by atoms with E-state index in [4.69, 9.17) is 0 Å². The minimum absolute atomic E-state index is 0.0625. The van der Waals surface area contributed by atoms with E-state index in [1.54, 1.807) is 11.3 Å². The third-order valence-electron chi connectivity index (χ3n) is 3.83. The van der Waals surface area contributed by atoms with E-state index in [9.17, 15) is 4.79 Å². The number of rotatable bonds is 6. The van der Waals surface area contributed by atoms with Crippen molar-refractivity contribution in [3.05, 3.63) is 81.9 Å². The molecule has 25 heavy (non-hydrogen) atoms. The maximum atomic E-state index is 12.4. The van der Waals surface area contributed by atoms with Crippen LogP contribution in [0.15, 0.2) is 54.7 Å². The molecular weight excluding hydrogens is 330 g/mol. The lowest BCUT2D eigenvalue weighted by Crippen LogP contribution is -2.22. The molecular formula is C20H21N3OS. The van der Waals surface area contributed by atoms with Crippen molar-refractivity contribution in [1.29, 1.82) is 0 Å². The summed E-state index contributed by atoms with van der Waals surface area (Å²) in [5.74, 6) is -0.0625. The van der Waals surface area contributed by atoms with E-state index in [2.05, 4.69) is 22.5 Å². The van der Waals surface area contributed by atoms with Gasteiger partial charge in [-0.2, -0.15) is 0 Å². The number of aromatic nitrogens is 1. The Labute approximate surface area is 151 Å². The average molecular weight is 351 g/mol. The molecule has 128 valence electrons. The molecule has 2 aromatic carbocycles. The van der Waals surface area contributed by atoms with Crippen LogP contribution in [-0.4, -0.2) is 10.9 Å². The van der Waals surface area contributed by atoms with Crippen molar-refractivity contribution in [2.24, 2.45) is 0 Å². The minimum Gasteiger partial charge on any atom is -0.357 e. The van der Waals surface area contributed by atoms with E-state index in [1.807, 2.05) is 61.7 Å². The summed E-state index contributed by atoms with van der Waals surface area (Å²) in [4.78, 5) is 17.8. The zero-order valence-corrected chi connectivity index (χ0v) is 15.2. The Bertz CT molecular complexity index is 855. The number of amides is 1. The lowest BCUT2D eigenvalue weighted by atomic mass is 10.1. The molecule has 5 heteroatoms. The summed E-state index contributed by atoms with van der Waals surface area (Å²) in [5, 5.41) is 7.15. The molecule has 0 spiro atoms. The third-order valence-corrected chi connectivity index (χ3v) is 4.70. The van der Waals surface area contributed by atoms with Gasteiger partial charge in [0.1, 0.15) is 0 Å². The second kappa shape index (κ2) is 7.94. The molecule has 1 amide bonds. The number of thiazole rings is 1. The first-order valence-corrected chi connectivity index (χ1v) is 9.01. The van der Waals surface area contributed by atoms with Gasteiger partial charge in [0.05, 0.1) is 0 Å². The Kier molecular flexibility index (Phi) is 5.46. The van der Waals surface area contributed by atoms with Gasteiger partial charge in [0.15, 0.2) is 5.13 Å². The van der Waals surface area contributed by atoms with E-state index in [0.29, 0.717) is 18.7 Å². The smallest absolute Gasteiger partial charge is 0.251 e. The van der Waals surface area contributed by atoms with Crippen LogP contribution in [0.25, 0.3) is 0 Å². The topological polar surface area (TPSA) is 54.0 Å². The molecule has 0 aliphatic heterocycles. The van der Waals surface area contributed by atoms with E-state index in [1.165, 1.54) is 10.4 Å². The largest absolute Gasteiger partial charge is 0.357 e. The molecule has 0 saturated heterocycles. The molecule has 2 N–H and O–H groups in total. The number of carbonyl (C=O) groups excluding carboxylic acids is 1. The SMILES string of the molecule is Cc1ccc(CNC(=O)c2cccc(CNc3ncc(C)s3)c2)cc1. The molecule has 0 fully saturated rings. The van der Waals surface area contributed by atoms with Gasteiger partial charge in [-0.15, -0.1) is 11.3 Å². The van der Waals surface area contributed by atoms with Gasteiger partial charge < -0.3 is 10.6 Å². The molecule has 0 radical (unpaired) electrons. The maximum Gasteiger partial charge on any atom is 0.251 e. The number of anilines is 1. The van der Waals surface area contributed by atoms with Crippen LogP contribution in [0.1, 0.15) is 31.9 Å². The summed E-state index contributed by atoms with van der Waals surface area (Å²) < 4.78 is 0. The second-order valence-electron chi connectivity index (χ2n) is 6.00. The Morgan fingerprint density at radius 2 is 1.84 bits per heavy atom. The van der Waals surface area contributed by atoms with Gasteiger partial charge in [0, 0.05) is 29.7 Å². The highest BCUT2D eigenvalue weighted by Gasteiger charge is 2.06. The zero-order valence-electron chi connectivity index (χ0n) is 14.4. The van der Waals surface area contributed by atoms with Crippen LogP contribution in [-0.2, 0) is 13.1 Å². The Balaban J connectivity index is 1.58. The quantitative estimate of drug-likeness (QED) is 0.696. The van der Waals surface area contributed by atoms with Gasteiger partial charge in [-0.05, 0) is 37.1 Å². The lowest BCUT2D eigenvalue weighted by molar-refractivity contribution is 0.0951. The van der Waals surface area contributed by atoms with Gasteiger partial charge in [-0.1, -0.05) is 42.0 Å². The first kappa shape index (κ1) is 17.2. The van der Waals surface area contributed by atoms with Crippen molar-refractivity contribution in [3.63, 3.8) is 0 Å². The number of nitrogens with zero attached hydrogens (tertiary/aromatic N) is 1. The second-order valence-corrected chi connectivity index (χ2v) is 7.23. The first-order valence-electron chi connectivity index (χ1n) is 8.19. The molecule has 0 saturated carbocycles. The van der Waals surface area contributed by atoms with E-state index in [0.717, 1.165) is 16.3 Å². The van der Waals surface area contributed by atoms with Gasteiger partial charge >= 0.3 is 0 Å². The molecule has 0 atom stereocenters. The lowest BCUT2D eigenvalue weighted by Gasteiger charge is -2.08. The van der Waals surface area contributed by atoms with E-state index in [-0.39, 0.29) is 5.91 Å². The Hall–Kier alpha value is -2.66. The summed E-state index contributed by atoms with van der Waals surface area (Å²) in [7, 11) is 0. The van der Waals surface area contributed by atoms with Crippen LogP contribution in [0.5, 0.6) is 0 Å². The van der Waals surface area contributed by atoms with Gasteiger partial charge in [0.25, 0.3) is 5.91 Å². The van der Waals surface area contributed by atoms with Crippen molar-refractivity contribution in [3.8, 4) is 0 Å². The maximum absolute atomic E-state index is 12.4. The number of aryl methyl sites for hydroxylation is 2. The summed E-state index contributed by atoms with van der Waals surface area (Å²) >= 11 is 1.62. The highest BCUT2D eigenvalue weighted by atomic mass is 32.1. The van der Waals surface area contributed by atoms with Crippen molar-refractivity contribution in [2.45, 2.75) is 26.9 Å². The fourth-order valence-electron chi connectivity index (χ4n) is 2.43. The molecule has 3 aromatic rings. The third kappa shape index (κ3) is 4.90. The molecule has 1 heterocycles. The zero-order chi connectivity index (χ0) is 17.6. The predicted octanol–water partition coefficient (Wildman–Crippen LogP) is 4.30. The standard InChI is InChI=1S/C20H21N3OS/c1-14-6-8-16(9-7-14)12-21-19(24)18-5-3-4-17(10-18)13-23-20-22-11-15(2)25-20/h3-11H,12-13H2,1-2H3,(H,21,24)(H,22,23). The van der Waals surface area contributed by atoms with Crippen molar-refractivity contribution in [1.82, 2.24) is 10.3 Å². The highest BCUT2D eigenvalue weighted by Crippen LogP contribution is 2.17. The van der Waals surface area contributed by atoms with Crippen LogP contribution in [0, 0.1) is 13.8 Å². The number of hydrogen-bond donors (Lipinski definition) is 2. The minimum atomic E-state index is -0.0625. The Morgan fingerprint density at radius 1 is 1.04 bits per heavy atom. The summed E-state index contributed by atoms with van der Waals surface area (Å²) in [6.45, 7) is 5.25. The summed E-state index contributed by atoms with van der Waals surface area (Å²) in [5.41, 5.74) is 4.03. The fraction of sp³-hybridized carbons (Fsp3) is 0.200. The molecule has 4 nitrogen and oxygen atoms in total. The van der Waals surface area contributed by atoms with Crippen LogP contribution in [0.3, 0.4) is 0 Å². The van der Waals surface area contributed by atoms with Crippen LogP contribution in [0.4, 0.5) is 5.13 Å². The number of carbonyl (C=O) groups is 1. The monoisotopic (exact) mass is 351 g/mol. The number of benzene rings is 2. The van der Waals surface area contributed by atoms with Crippen LogP contribution >= 0.6 is 11.3 Å². The van der Waals surface area contributed by atoms with Crippen LogP contribution in [0.2, 0.25) is 0 Å². The number of hydrogen-bond acceptors (Lipinski definition) is 4. The molecule has 3 rings (SSSR count). The summed E-state index contributed by atoms with van der Waals surface area (Å²) in [6.07, 6.45) is 1.85. The van der Waals surface area contributed by atoms with Gasteiger partial charge in [-0.25, -0.2) is 4.98 Å². The fourth-order valence-corrected chi connectivity index (χ4v) is 3.09. The van der Waals surface area contributed by atoms with E-state index >= 15 is 0 Å². The molecule has 0 unspecified atom stereocenters. The first-order chi connectivity index (χ1) is 12.1. The van der Waals surface area contributed by atoms with Gasteiger partial charge in [0.2, 0.25) is 0 Å².